The molecule has 0 spiro atoms. The molecule has 13 heavy (non-hydrogen) atoms. The summed E-state index contributed by atoms with van der Waals surface area (Å²) >= 11 is 0. The van der Waals surface area contributed by atoms with Gasteiger partial charge in [-0.15, -0.1) is 0 Å². The van der Waals surface area contributed by atoms with Gasteiger partial charge >= 0.3 is 0 Å². The number of nitrogens with one attached hydrogen (secondary N) is 1. The van der Waals surface area contributed by atoms with Gasteiger partial charge in [-0.05, 0) is 19.3 Å². The molecular formula is C9H16N4. The summed E-state index contributed by atoms with van der Waals surface area (Å²) in [6.45, 7) is 7.42. The predicted octanol–water partition coefficient (Wildman–Crippen LogP) is 1.60. The van der Waals surface area contributed by atoms with Gasteiger partial charge in [0.2, 0.25) is 5.95 Å². The fourth-order valence-corrected chi connectivity index (χ4v) is 1.85. The Bertz CT molecular complexity index is 303. The van der Waals surface area contributed by atoms with E-state index in [0.29, 0.717) is 12.0 Å². The summed E-state index contributed by atoms with van der Waals surface area (Å²) in [6, 6.07) is 0.512. The van der Waals surface area contributed by atoms with Gasteiger partial charge in [-0.2, -0.15) is 10.1 Å². The summed E-state index contributed by atoms with van der Waals surface area (Å²) in [5, 5.41) is 7.65. The van der Waals surface area contributed by atoms with Crippen molar-refractivity contribution < 1.29 is 0 Å². The van der Waals surface area contributed by atoms with Crippen molar-refractivity contribution in [2.24, 2.45) is 5.92 Å². The van der Waals surface area contributed by atoms with Crippen LogP contribution in [0.1, 0.15) is 32.1 Å². The van der Waals surface area contributed by atoms with Gasteiger partial charge in [-0.1, -0.05) is 13.8 Å². The maximum atomic E-state index is 4.40. The van der Waals surface area contributed by atoms with Crippen LogP contribution < -0.4 is 5.32 Å². The third-order valence-corrected chi connectivity index (χ3v) is 2.54. The van der Waals surface area contributed by atoms with Crippen LogP contribution in [-0.2, 0) is 0 Å². The van der Waals surface area contributed by atoms with Crippen LogP contribution >= 0.6 is 0 Å². The Morgan fingerprint density at radius 1 is 1.54 bits per heavy atom. The monoisotopic (exact) mass is 180 g/mol. The molecule has 1 N–H and O–H groups in total. The molecule has 0 aromatic carbocycles. The minimum atomic E-state index is 0.512. The smallest absolute Gasteiger partial charge is 0.221 e. The molecule has 1 aliphatic rings. The van der Waals surface area contributed by atoms with Gasteiger partial charge < -0.3 is 5.32 Å². The van der Waals surface area contributed by atoms with Crippen LogP contribution in [0.15, 0.2) is 0 Å². The highest BCUT2D eigenvalue weighted by Crippen LogP contribution is 2.27. The summed E-state index contributed by atoms with van der Waals surface area (Å²) in [5.74, 6) is 2.42. The third kappa shape index (κ3) is 1.41. The van der Waals surface area contributed by atoms with Crippen LogP contribution in [0, 0.1) is 12.8 Å². The van der Waals surface area contributed by atoms with E-state index in [0.717, 1.165) is 24.7 Å². The standard InChI is InChI=1S/C9H16N4/c1-6(2)8-4-5-10-9-11-7(3)12-13(8)9/h6,8H,4-5H2,1-3H3,(H,10,11,12). The molecular weight excluding hydrogens is 164 g/mol. The Morgan fingerprint density at radius 2 is 2.31 bits per heavy atom. The van der Waals surface area contributed by atoms with E-state index in [1.54, 1.807) is 0 Å². The van der Waals surface area contributed by atoms with Gasteiger partial charge in [0, 0.05) is 6.54 Å². The molecule has 0 saturated carbocycles. The molecule has 0 amide bonds. The molecule has 1 atom stereocenters. The van der Waals surface area contributed by atoms with Crippen molar-refractivity contribution in [3.63, 3.8) is 0 Å². The van der Waals surface area contributed by atoms with E-state index in [4.69, 9.17) is 0 Å². The average Bonchev–Trinajstić information content (AvgIpc) is 2.43. The van der Waals surface area contributed by atoms with E-state index in [1.807, 2.05) is 11.6 Å². The molecule has 2 heterocycles. The average molecular weight is 180 g/mol. The van der Waals surface area contributed by atoms with Gasteiger partial charge in [0.1, 0.15) is 5.82 Å². The molecule has 1 aromatic rings. The summed E-state index contributed by atoms with van der Waals surface area (Å²) in [5.41, 5.74) is 0. The Kier molecular flexibility index (Phi) is 1.98. The van der Waals surface area contributed by atoms with Crippen LogP contribution in [0.4, 0.5) is 5.95 Å². The van der Waals surface area contributed by atoms with Crippen LogP contribution in [-0.4, -0.2) is 21.3 Å². The number of hydrogen-bond acceptors (Lipinski definition) is 3. The second-order valence-electron chi connectivity index (χ2n) is 3.95. The largest absolute Gasteiger partial charge is 0.354 e. The Labute approximate surface area is 78.4 Å². The number of fused-ring (bicyclic) bond motifs is 1. The first kappa shape index (κ1) is 8.53. The van der Waals surface area contributed by atoms with E-state index in [2.05, 4.69) is 29.2 Å². The van der Waals surface area contributed by atoms with Crippen molar-refractivity contribution in [3.8, 4) is 0 Å². The highest BCUT2D eigenvalue weighted by atomic mass is 15.4. The predicted molar refractivity (Wildman–Crippen MR) is 51.7 cm³/mol. The number of anilines is 1. The summed E-state index contributed by atoms with van der Waals surface area (Å²) in [4.78, 5) is 4.32. The molecule has 1 aliphatic heterocycles. The van der Waals surface area contributed by atoms with Crippen molar-refractivity contribution in [2.75, 3.05) is 11.9 Å². The normalized spacial score (nSPS) is 21.4. The zero-order valence-electron chi connectivity index (χ0n) is 8.41. The Hall–Kier alpha value is -1.06. The van der Waals surface area contributed by atoms with E-state index in [1.165, 1.54) is 0 Å². The van der Waals surface area contributed by atoms with E-state index in [-0.39, 0.29) is 0 Å². The van der Waals surface area contributed by atoms with Crippen LogP contribution in [0.2, 0.25) is 0 Å². The van der Waals surface area contributed by atoms with Gasteiger partial charge in [-0.25, -0.2) is 4.68 Å². The first-order valence-corrected chi connectivity index (χ1v) is 4.85. The molecule has 0 bridgehead atoms. The van der Waals surface area contributed by atoms with Crippen LogP contribution in [0.5, 0.6) is 0 Å². The molecule has 4 heteroatoms. The van der Waals surface area contributed by atoms with Crippen molar-refractivity contribution >= 4 is 5.95 Å². The lowest BCUT2D eigenvalue weighted by Crippen LogP contribution is -2.27. The van der Waals surface area contributed by atoms with E-state index < -0.39 is 0 Å². The van der Waals surface area contributed by atoms with Gasteiger partial charge in [-0.3, -0.25) is 0 Å². The number of aromatic nitrogens is 3. The van der Waals surface area contributed by atoms with Crippen LogP contribution in [0.25, 0.3) is 0 Å². The Morgan fingerprint density at radius 3 is 3.00 bits per heavy atom. The van der Waals surface area contributed by atoms with Crippen molar-refractivity contribution in [1.29, 1.82) is 0 Å². The van der Waals surface area contributed by atoms with Gasteiger partial charge in [0.25, 0.3) is 0 Å². The number of aryl methyl sites for hydroxylation is 1. The first-order valence-electron chi connectivity index (χ1n) is 4.85. The lowest BCUT2D eigenvalue weighted by atomic mass is 10.0. The van der Waals surface area contributed by atoms with E-state index in [9.17, 15) is 0 Å². The second kappa shape index (κ2) is 3.01. The molecule has 4 nitrogen and oxygen atoms in total. The molecule has 0 saturated heterocycles. The lowest BCUT2D eigenvalue weighted by Gasteiger charge is -2.27. The molecule has 0 fully saturated rings. The molecule has 1 aromatic heterocycles. The lowest BCUT2D eigenvalue weighted by molar-refractivity contribution is 0.321. The SMILES string of the molecule is Cc1nc2n(n1)C(C(C)C)CCN2. The number of nitrogens with zero attached hydrogens (tertiary/aromatic N) is 3. The fraction of sp³-hybridized carbons (Fsp3) is 0.778. The molecule has 1 unspecified atom stereocenters. The van der Waals surface area contributed by atoms with Gasteiger partial charge in [0.05, 0.1) is 6.04 Å². The molecule has 0 aliphatic carbocycles. The minimum absolute atomic E-state index is 0.512. The maximum Gasteiger partial charge on any atom is 0.221 e. The van der Waals surface area contributed by atoms with Crippen LogP contribution in [0.3, 0.4) is 0 Å². The molecule has 0 radical (unpaired) electrons. The second-order valence-corrected chi connectivity index (χ2v) is 3.95. The van der Waals surface area contributed by atoms with E-state index >= 15 is 0 Å². The fourth-order valence-electron chi connectivity index (χ4n) is 1.85. The third-order valence-electron chi connectivity index (χ3n) is 2.54. The Balaban J connectivity index is 2.36. The quantitative estimate of drug-likeness (QED) is 0.713. The zero-order valence-corrected chi connectivity index (χ0v) is 8.41. The minimum Gasteiger partial charge on any atom is -0.354 e. The number of rotatable bonds is 1. The van der Waals surface area contributed by atoms with Crippen molar-refractivity contribution in [1.82, 2.24) is 14.8 Å². The molecule has 2 rings (SSSR count). The maximum absolute atomic E-state index is 4.40. The summed E-state index contributed by atoms with van der Waals surface area (Å²) < 4.78 is 2.03. The van der Waals surface area contributed by atoms with Crippen molar-refractivity contribution in [3.05, 3.63) is 5.82 Å². The van der Waals surface area contributed by atoms with Gasteiger partial charge in [0.15, 0.2) is 0 Å². The summed E-state index contributed by atoms with van der Waals surface area (Å²) in [6.07, 6.45) is 1.15. The summed E-state index contributed by atoms with van der Waals surface area (Å²) in [7, 11) is 0. The topological polar surface area (TPSA) is 42.7 Å². The zero-order chi connectivity index (χ0) is 9.42. The number of hydrogen-bond donors (Lipinski definition) is 1. The highest BCUT2D eigenvalue weighted by Gasteiger charge is 2.24. The first-order chi connectivity index (χ1) is 6.18. The highest BCUT2D eigenvalue weighted by molar-refractivity contribution is 5.27. The molecule has 72 valence electrons. The van der Waals surface area contributed by atoms with Crippen molar-refractivity contribution in [2.45, 2.75) is 33.2 Å².